The van der Waals surface area contributed by atoms with Crippen LogP contribution in [0.5, 0.6) is 0 Å². The van der Waals surface area contributed by atoms with Crippen LogP contribution in [0, 0.1) is 17.5 Å². The number of carbonyl (C=O) groups excluding carboxylic acids is 1. The Balaban J connectivity index is 3.35. The van der Waals surface area contributed by atoms with Crippen molar-refractivity contribution in [2.24, 2.45) is 0 Å². The van der Waals surface area contributed by atoms with Crippen molar-refractivity contribution < 1.29 is 57.6 Å². The van der Waals surface area contributed by atoms with Crippen LogP contribution in [0.25, 0.3) is 0 Å². The van der Waals surface area contributed by atoms with Gasteiger partial charge in [0.15, 0.2) is 11.6 Å². The minimum absolute atomic E-state index is 0.111. The van der Waals surface area contributed by atoms with E-state index in [9.17, 15) is 48.3 Å². The zero-order valence-corrected chi connectivity index (χ0v) is 11.6. The Morgan fingerprint density at radius 1 is 1.08 bits per heavy atom. The molecule has 0 aromatic heterocycles. The summed E-state index contributed by atoms with van der Waals surface area (Å²) in [6.07, 6.45) is -11.0. The maximum atomic E-state index is 13.2. The van der Waals surface area contributed by atoms with Gasteiger partial charge in [-0.1, -0.05) is 0 Å². The second-order valence-corrected chi connectivity index (χ2v) is 5.61. The lowest BCUT2D eigenvalue weighted by molar-refractivity contribution is -0.248. The fourth-order valence-electron chi connectivity index (χ4n) is 1.34. The van der Waals surface area contributed by atoms with E-state index in [0.29, 0.717) is 0 Å². The summed E-state index contributed by atoms with van der Waals surface area (Å²) in [5.74, 6) is -8.58. The SMILES string of the molecule is O=C(OC(C(F)(F)F)C(F)(F)S(=O)(=O)O)c1cc(F)cc(F)c1F. The van der Waals surface area contributed by atoms with Gasteiger partial charge in [0.25, 0.3) is 6.10 Å². The van der Waals surface area contributed by atoms with Crippen molar-refractivity contribution >= 4 is 16.1 Å². The van der Waals surface area contributed by atoms with Gasteiger partial charge in [-0.05, 0) is 6.07 Å². The Morgan fingerprint density at radius 3 is 2.00 bits per heavy atom. The third-order valence-electron chi connectivity index (χ3n) is 2.38. The standard InChI is InChI=1S/C10H4F8O5S/c11-3-1-4(6(13)5(12)2-3)7(19)23-8(9(14,15)16)10(17,18)24(20,21)22/h1-2,8H,(H,20,21,22). The molecule has 0 aliphatic heterocycles. The highest BCUT2D eigenvalue weighted by molar-refractivity contribution is 7.86. The van der Waals surface area contributed by atoms with E-state index >= 15 is 0 Å². The van der Waals surface area contributed by atoms with Crippen LogP contribution in [0.4, 0.5) is 35.1 Å². The summed E-state index contributed by atoms with van der Waals surface area (Å²) in [7, 11) is -6.71. The fraction of sp³-hybridized carbons (Fsp3) is 0.300. The Morgan fingerprint density at radius 2 is 1.58 bits per heavy atom. The van der Waals surface area contributed by atoms with Gasteiger partial charge in [-0.15, -0.1) is 0 Å². The molecule has 0 spiro atoms. The molecule has 0 radical (unpaired) electrons. The van der Waals surface area contributed by atoms with Crippen molar-refractivity contribution in [3.8, 4) is 0 Å². The molecule has 0 aliphatic rings. The van der Waals surface area contributed by atoms with Gasteiger partial charge in [-0.3, -0.25) is 4.55 Å². The van der Waals surface area contributed by atoms with Crippen LogP contribution in [0.1, 0.15) is 10.4 Å². The summed E-state index contributed by atoms with van der Waals surface area (Å²) in [6.45, 7) is 0. The van der Waals surface area contributed by atoms with Crippen molar-refractivity contribution in [3.05, 3.63) is 35.1 Å². The van der Waals surface area contributed by atoms with E-state index in [4.69, 9.17) is 4.55 Å². The quantitative estimate of drug-likeness (QED) is 0.371. The zero-order chi connectivity index (χ0) is 19.1. The third kappa shape index (κ3) is 3.92. The van der Waals surface area contributed by atoms with Gasteiger partial charge in [0.1, 0.15) is 11.4 Å². The van der Waals surface area contributed by atoms with Crippen LogP contribution in [0.3, 0.4) is 0 Å². The summed E-state index contributed by atoms with van der Waals surface area (Å²) in [5, 5.41) is -6.07. The topological polar surface area (TPSA) is 80.7 Å². The number of hydrogen-bond donors (Lipinski definition) is 1. The molecule has 0 saturated carbocycles. The van der Waals surface area contributed by atoms with E-state index in [1.54, 1.807) is 0 Å². The number of esters is 1. The molecule has 0 amide bonds. The Labute approximate surface area is 127 Å². The maximum absolute atomic E-state index is 13.2. The number of ether oxygens (including phenoxy) is 1. The summed E-state index contributed by atoms with van der Waals surface area (Å²) in [5.41, 5.74) is -1.84. The van der Waals surface area contributed by atoms with Gasteiger partial charge < -0.3 is 4.74 Å². The van der Waals surface area contributed by atoms with Gasteiger partial charge in [-0.25, -0.2) is 18.0 Å². The monoisotopic (exact) mass is 388 g/mol. The summed E-state index contributed by atoms with van der Waals surface area (Å²) in [4.78, 5) is 11.3. The van der Waals surface area contributed by atoms with Crippen LogP contribution in [0.15, 0.2) is 12.1 Å². The first-order chi connectivity index (χ1) is 10.6. The van der Waals surface area contributed by atoms with E-state index in [0.717, 1.165) is 0 Å². The smallest absolute Gasteiger partial charge is 0.432 e. The number of carbonyl (C=O) groups is 1. The molecular formula is C10H4F8O5S. The first-order valence-corrected chi connectivity index (χ1v) is 6.80. The summed E-state index contributed by atoms with van der Waals surface area (Å²) < 4.78 is 135. The van der Waals surface area contributed by atoms with Crippen molar-refractivity contribution in [3.63, 3.8) is 0 Å². The minimum atomic E-state index is -6.71. The average molecular weight is 388 g/mol. The molecule has 1 rings (SSSR count). The van der Waals surface area contributed by atoms with Crippen molar-refractivity contribution in [2.75, 3.05) is 0 Å². The van der Waals surface area contributed by atoms with Gasteiger partial charge in [0.05, 0.1) is 0 Å². The molecule has 0 aliphatic carbocycles. The number of halogens is 8. The second kappa shape index (κ2) is 6.16. The number of alkyl halides is 5. The van der Waals surface area contributed by atoms with Crippen LogP contribution >= 0.6 is 0 Å². The molecule has 24 heavy (non-hydrogen) atoms. The Kier molecular flexibility index (Phi) is 5.15. The molecule has 1 aromatic rings. The molecule has 14 heteroatoms. The molecule has 0 saturated heterocycles. The lowest BCUT2D eigenvalue weighted by Crippen LogP contribution is -2.52. The van der Waals surface area contributed by atoms with E-state index in [1.807, 2.05) is 0 Å². The largest absolute Gasteiger partial charge is 0.441 e. The molecule has 1 aromatic carbocycles. The van der Waals surface area contributed by atoms with E-state index in [-0.39, 0.29) is 12.1 Å². The second-order valence-electron chi connectivity index (χ2n) is 4.11. The predicted molar refractivity (Wildman–Crippen MR) is 58.1 cm³/mol. The van der Waals surface area contributed by atoms with Crippen molar-refractivity contribution in [2.45, 2.75) is 17.5 Å². The average Bonchev–Trinajstić information content (AvgIpc) is 2.36. The predicted octanol–water partition coefficient (Wildman–Crippen LogP) is 2.67. The molecule has 0 heterocycles. The minimum Gasteiger partial charge on any atom is -0.441 e. The molecular weight excluding hydrogens is 384 g/mol. The molecule has 5 nitrogen and oxygen atoms in total. The Bertz CT molecular complexity index is 757. The highest BCUT2D eigenvalue weighted by Crippen LogP contribution is 2.38. The van der Waals surface area contributed by atoms with E-state index in [1.165, 1.54) is 0 Å². The van der Waals surface area contributed by atoms with Crippen LogP contribution in [0.2, 0.25) is 0 Å². The van der Waals surface area contributed by atoms with Gasteiger partial charge in [0, 0.05) is 6.07 Å². The molecule has 1 atom stereocenters. The normalized spacial score (nSPS) is 14.4. The van der Waals surface area contributed by atoms with Crippen LogP contribution < -0.4 is 0 Å². The first-order valence-electron chi connectivity index (χ1n) is 5.36. The number of rotatable bonds is 4. The molecule has 0 fully saturated rings. The van der Waals surface area contributed by atoms with Crippen LogP contribution in [-0.2, 0) is 14.9 Å². The highest BCUT2D eigenvalue weighted by Gasteiger charge is 2.66. The molecule has 1 unspecified atom stereocenters. The van der Waals surface area contributed by atoms with Gasteiger partial charge in [-0.2, -0.15) is 30.4 Å². The summed E-state index contributed by atoms with van der Waals surface area (Å²) >= 11 is 0. The molecule has 136 valence electrons. The van der Waals surface area contributed by atoms with Crippen molar-refractivity contribution in [1.29, 1.82) is 0 Å². The molecule has 1 N–H and O–H groups in total. The lowest BCUT2D eigenvalue weighted by atomic mass is 10.2. The lowest BCUT2D eigenvalue weighted by Gasteiger charge is -2.26. The fourth-order valence-corrected chi connectivity index (χ4v) is 1.79. The summed E-state index contributed by atoms with van der Waals surface area (Å²) in [6, 6.07) is -0.278. The number of benzene rings is 1. The van der Waals surface area contributed by atoms with Gasteiger partial charge >= 0.3 is 27.5 Å². The van der Waals surface area contributed by atoms with Crippen molar-refractivity contribution in [1.82, 2.24) is 0 Å². The maximum Gasteiger partial charge on any atom is 0.432 e. The number of hydrogen-bond acceptors (Lipinski definition) is 4. The first kappa shape index (κ1) is 20.1. The Hall–Kier alpha value is -1.96. The zero-order valence-electron chi connectivity index (χ0n) is 10.7. The van der Waals surface area contributed by atoms with E-state index in [2.05, 4.69) is 4.74 Å². The highest BCUT2D eigenvalue weighted by atomic mass is 32.2. The van der Waals surface area contributed by atoms with E-state index < -0.39 is 56.6 Å². The molecule has 0 bridgehead atoms. The van der Waals surface area contributed by atoms with Gasteiger partial charge in [0.2, 0.25) is 0 Å². The van der Waals surface area contributed by atoms with Crippen LogP contribution in [-0.4, -0.2) is 36.5 Å². The third-order valence-corrected chi connectivity index (χ3v) is 3.29.